The largest absolute Gasteiger partial charge is 0.496 e. The number of hydrogen-bond donors (Lipinski definition) is 2. The smallest absolute Gasteiger partial charge is 0.337 e. The topological polar surface area (TPSA) is 63.5 Å². The normalized spacial score (nSPS) is 10.9. The average molecular weight is 392 g/mol. The number of carbonyl (C=O) groups is 1. The van der Waals surface area contributed by atoms with E-state index in [0.29, 0.717) is 25.2 Å². The molecule has 0 aliphatic carbocycles. The third-order valence-corrected chi connectivity index (χ3v) is 5.52. The molecule has 0 aliphatic heterocycles. The first-order valence-electron chi connectivity index (χ1n) is 9.73. The quantitative estimate of drug-likeness (QED) is 0.594. The van der Waals surface area contributed by atoms with E-state index in [2.05, 4.69) is 28.9 Å². The number of aryl methyl sites for hydroxylation is 1. The molecule has 1 heterocycles. The Morgan fingerprint density at radius 3 is 2.28 bits per heavy atom. The highest BCUT2D eigenvalue weighted by atomic mass is 16.5. The van der Waals surface area contributed by atoms with Crippen LogP contribution < -0.4 is 10.1 Å². The van der Waals surface area contributed by atoms with Crippen molar-refractivity contribution >= 4 is 5.97 Å². The van der Waals surface area contributed by atoms with E-state index in [4.69, 9.17) is 4.74 Å². The molecule has 0 bridgehead atoms. The Hall–Kier alpha value is -3.05. The number of aromatic carboxylic acids is 1. The van der Waals surface area contributed by atoms with E-state index < -0.39 is 5.97 Å². The minimum atomic E-state index is -0.886. The van der Waals surface area contributed by atoms with Gasteiger partial charge in [-0.05, 0) is 38.0 Å². The monoisotopic (exact) mass is 392 g/mol. The summed E-state index contributed by atoms with van der Waals surface area (Å²) < 4.78 is 7.50. The molecular weight excluding hydrogens is 364 g/mol. The van der Waals surface area contributed by atoms with E-state index in [-0.39, 0.29) is 0 Å². The van der Waals surface area contributed by atoms with Gasteiger partial charge in [-0.15, -0.1) is 0 Å². The van der Waals surface area contributed by atoms with Crippen molar-refractivity contribution < 1.29 is 14.6 Å². The number of ether oxygens (including phenoxy) is 1. The zero-order valence-electron chi connectivity index (χ0n) is 17.5. The maximum absolute atomic E-state index is 12.0. The van der Waals surface area contributed by atoms with E-state index in [1.165, 1.54) is 11.1 Å². The van der Waals surface area contributed by atoms with Crippen molar-refractivity contribution in [1.82, 2.24) is 9.88 Å². The number of rotatable bonds is 8. The second-order valence-corrected chi connectivity index (χ2v) is 7.26. The van der Waals surface area contributed by atoms with Crippen LogP contribution in [-0.4, -0.2) is 22.8 Å². The van der Waals surface area contributed by atoms with Gasteiger partial charge < -0.3 is 19.7 Å². The number of methoxy groups -OCH3 is 1. The molecular formula is C24H28N2O3. The van der Waals surface area contributed by atoms with Crippen LogP contribution in [0.2, 0.25) is 0 Å². The van der Waals surface area contributed by atoms with E-state index in [0.717, 1.165) is 28.3 Å². The highest BCUT2D eigenvalue weighted by molar-refractivity contribution is 5.91. The fourth-order valence-electron chi connectivity index (χ4n) is 3.82. The van der Waals surface area contributed by atoms with Crippen LogP contribution >= 0.6 is 0 Å². The first-order valence-corrected chi connectivity index (χ1v) is 9.73. The minimum Gasteiger partial charge on any atom is -0.496 e. The predicted octanol–water partition coefficient (Wildman–Crippen LogP) is 4.46. The van der Waals surface area contributed by atoms with E-state index in [1.807, 2.05) is 50.2 Å². The number of nitrogens with one attached hydrogen (secondary N) is 1. The van der Waals surface area contributed by atoms with Crippen LogP contribution in [0.3, 0.4) is 0 Å². The van der Waals surface area contributed by atoms with Crippen molar-refractivity contribution in [2.45, 2.75) is 40.4 Å². The van der Waals surface area contributed by atoms with Crippen LogP contribution in [0.25, 0.3) is 0 Å². The molecule has 0 atom stereocenters. The minimum absolute atomic E-state index is 0.392. The number of aromatic nitrogens is 1. The summed E-state index contributed by atoms with van der Waals surface area (Å²) in [4.78, 5) is 12.0. The summed E-state index contributed by atoms with van der Waals surface area (Å²) in [6.07, 6.45) is 0. The van der Waals surface area contributed by atoms with Gasteiger partial charge in [-0.25, -0.2) is 4.79 Å². The fraction of sp³-hybridized carbons (Fsp3) is 0.292. The predicted molar refractivity (Wildman–Crippen MR) is 115 cm³/mol. The van der Waals surface area contributed by atoms with Gasteiger partial charge in [0.15, 0.2) is 0 Å². The Labute approximate surface area is 172 Å². The molecule has 0 radical (unpaired) electrons. The average Bonchev–Trinajstić information content (AvgIpc) is 2.94. The van der Waals surface area contributed by atoms with Gasteiger partial charge in [-0.1, -0.05) is 42.5 Å². The van der Waals surface area contributed by atoms with Gasteiger partial charge in [0.2, 0.25) is 0 Å². The molecule has 5 heteroatoms. The summed E-state index contributed by atoms with van der Waals surface area (Å²) in [6.45, 7) is 7.71. The summed E-state index contributed by atoms with van der Waals surface area (Å²) in [5.74, 6) is -0.0632. The molecule has 1 aromatic heterocycles. The molecule has 0 saturated heterocycles. The van der Waals surface area contributed by atoms with Crippen LogP contribution in [0.15, 0.2) is 48.5 Å². The number of benzene rings is 2. The third-order valence-electron chi connectivity index (χ3n) is 5.52. The van der Waals surface area contributed by atoms with E-state index >= 15 is 0 Å². The Morgan fingerprint density at radius 1 is 0.966 bits per heavy atom. The molecule has 3 aromatic rings. The number of para-hydroxylation sites is 1. The summed E-state index contributed by atoms with van der Waals surface area (Å²) in [6, 6.07) is 16.0. The summed E-state index contributed by atoms with van der Waals surface area (Å²) in [7, 11) is 1.65. The molecule has 0 saturated carbocycles. The summed E-state index contributed by atoms with van der Waals surface area (Å²) >= 11 is 0. The molecule has 2 aromatic carbocycles. The lowest BCUT2D eigenvalue weighted by Crippen LogP contribution is -2.16. The highest BCUT2D eigenvalue weighted by Crippen LogP contribution is 2.25. The number of carboxylic acids is 1. The van der Waals surface area contributed by atoms with Crippen LogP contribution in [0.4, 0.5) is 0 Å². The molecule has 3 rings (SSSR count). The molecule has 0 fully saturated rings. The molecule has 152 valence electrons. The summed E-state index contributed by atoms with van der Waals surface area (Å²) in [5, 5.41) is 13.2. The highest BCUT2D eigenvalue weighted by Gasteiger charge is 2.22. The van der Waals surface area contributed by atoms with Crippen molar-refractivity contribution in [1.29, 1.82) is 0 Å². The number of hydrogen-bond acceptors (Lipinski definition) is 3. The molecule has 0 aliphatic rings. The van der Waals surface area contributed by atoms with Gasteiger partial charge in [-0.3, -0.25) is 0 Å². The molecule has 0 unspecified atom stereocenters. The van der Waals surface area contributed by atoms with Gasteiger partial charge in [-0.2, -0.15) is 0 Å². The lowest BCUT2D eigenvalue weighted by Gasteiger charge is -2.12. The van der Waals surface area contributed by atoms with Crippen molar-refractivity contribution in [3.8, 4) is 5.75 Å². The molecule has 5 nitrogen and oxygen atoms in total. The lowest BCUT2D eigenvalue weighted by atomic mass is 10.1. The maximum Gasteiger partial charge on any atom is 0.337 e. The molecule has 0 amide bonds. The first-order chi connectivity index (χ1) is 13.9. The Morgan fingerprint density at radius 2 is 1.62 bits per heavy atom. The molecule has 0 spiro atoms. The Bertz CT molecular complexity index is 1020. The van der Waals surface area contributed by atoms with Crippen molar-refractivity contribution in [2.24, 2.45) is 0 Å². The van der Waals surface area contributed by atoms with E-state index in [9.17, 15) is 9.90 Å². The fourth-order valence-corrected chi connectivity index (χ4v) is 3.82. The summed E-state index contributed by atoms with van der Waals surface area (Å²) in [5.41, 5.74) is 6.43. The SMILES string of the molecule is COc1ccccc1CNCc1c(C(=O)O)c(C)n(Cc2ccccc2C)c1C. The maximum atomic E-state index is 12.0. The molecule has 29 heavy (non-hydrogen) atoms. The van der Waals surface area contributed by atoms with Gasteiger partial charge in [0, 0.05) is 42.1 Å². The van der Waals surface area contributed by atoms with E-state index in [1.54, 1.807) is 7.11 Å². The van der Waals surface area contributed by atoms with Gasteiger partial charge >= 0.3 is 5.97 Å². The lowest BCUT2D eigenvalue weighted by molar-refractivity contribution is 0.0694. The standard InChI is InChI=1S/C24H28N2O3/c1-16-9-5-6-11-20(16)15-26-17(2)21(23(18(26)3)24(27)28)14-25-13-19-10-7-8-12-22(19)29-4/h5-12,25H,13-15H2,1-4H3,(H,27,28). The van der Waals surface area contributed by atoms with Gasteiger partial charge in [0.05, 0.1) is 12.7 Å². The van der Waals surface area contributed by atoms with Gasteiger partial charge in [0.25, 0.3) is 0 Å². The zero-order chi connectivity index (χ0) is 21.0. The van der Waals surface area contributed by atoms with Crippen LogP contribution in [-0.2, 0) is 19.6 Å². The van der Waals surface area contributed by atoms with Crippen LogP contribution in [0.5, 0.6) is 5.75 Å². The third kappa shape index (κ3) is 4.35. The van der Waals surface area contributed by atoms with Crippen molar-refractivity contribution in [3.05, 3.63) is 87.7 Å². The van der Waals surface area contributed by atoms with Crippen LogP contribution in [0.1, 0.15) is 44.0 Å². The second kappa shape index (κ2) is 8.97. The zero-order valence-corrected chi connectivity index (χ0v) is 17.5. The van der Waals surface area contributed by atoms with Crippen molar-refractivity contribution in [2.75, 3.05) is 7.11 Å². The van der Waals surface area contributed by atoms with Gasteiger partial charge in [0.1, 0.15) is 5.75 Å². The van der Waals surface area contributed by atoms with Crippen molar-refractivity contribution in [3.63, 3.8) is 0 Å². The van der Waals surface area contributed by atoms with Crippen LogP contribution in [0, 0.1) is 20.8 Å². The Kier molecular flexibility index (Phi) is 6.39. The molecule has 2 N–H and O–H groups in total. The second-order valence-electron chi connectivity index (χ2n) is 7.26. The number of carboxylic acid groups (broad SMARTS) is 1. The Balaban J connectivity index is 1.86. The first kappa shape index (κ1) is 20.7. The number of nitrogens with zero attached hydrogens (tertiary/aromatic N) is 1.